The van der Waals surface area contributed by atoms with Gasteiger partial charge in [0.1, 0.15) is 5.82 Å². The summed E-state index contributed by atoms with van der Waals surface area (Å²) in [6.45, 7) is 2.20. The molecule has 19 heavy (non-hydrogen) atoms. The number of nitrogens with zero attached hydrogens (tertiary/aromatic N) is 3. The zero-order chi connectivity index (χ0) is 13.6. The van der Waals surface area contributed by atoms with E-state index in [9.17, 15) is 14.0 Å². The van der Waals surface area contributed by atoms with Crippen molar-refractivity contribution in [1.82, 2.24) is 13.9 Å². The first-order valence-electron chi connectivity index (χ1n) is 5.96. The molecular weight excluding hydrogens is 249 g/mol. The van der Waals surface area contributed by atoms with Crippen LogP contribution in [-0.2, 0) is 6.54 Å². The summed E-state index contributed by atoms with van der Waals surface area (Å²) in [7, 11) is 0. The average molecular weight is 261 g/mol. The van der Waals surface area contributed by atoms with E-state index in [2.05, 4.69) is 0 Å². The molecule has 0 saturated carbocycles. The Morgan fingerprint density at radius 2 is 1.84 bits per heavy atom. The van der Waals surface area contributed by atoms with E-state index >= 15 is 0 Å². The SMILES string of the molecule is CC1C=CCn2c(=O)n(-c3ccc(F)cc3)c(=O)n21. The molecule has 5 nitrogen and oxygen atoms in total. The number of halogens is 1. The Hall–Kier alpha value is -2.37. The van der Waals surface area contributed by atoms with E-state index in [0.717, 1.165) is 4.57 Å². The molecule has 0 N–H and O–H groups in total. The minimum absolute atomic E-state index is 0.171. The normalized spacial score (nSPS) is 17.5. The van der Waals surface area contributed by atoms with Crippen LogP contribution in [0.25, 0.3) is 5.69 Å². The lowest BCUT2D eigenvalue weighted by molar-refractivity contribution is 0.421. The summed E-state index contributed by atoms with van der Waals surface area (Å²) in [4.78, 5) is 24.6. The number of hydrogen-bond donors (Lipinski definition) is 0. The number of benzene rings is 1. The molecule has 1 aliphatic heterocycles. The fourth-order valence-electron chi connectivity index (χ4n) is 2.31. The number of hydrogen-bond acceptors (Lipinski definition) is 2. The maximum absolute atomic E-state index is 12.9. The van der Waals surface area contributed by atoms with Crippen molar-refractivity contribution in [1.29, 1.82) is 0 Å². The third kappa shape index (κ3) is 1.68. The molecule has 1 aliphatic rings. The topological polar surface area (TPSA) is 48.9 Å². The molecule has 0 spiro atoms. The fraction of sp³-hybridized carbons (Fsp3) is 0.231. The van der Waals surface area contributed by atoms with Gasteiger partial charge in [0.25, 0.3) is 0 Å². The van der Waals surface area contributed by atoms with Gasteiger partial charge in [-0.3, -0.25) is 0 Å². The van der Waals surface area contributed by atoms with Gasteiger partial charge in [0.15, 0.2) is 0 Å². The number of fused-ring (bicyclic) bond motifs is 1. The predicted octanol–water partition coefficient (Wildman–Crippen LogP) is 1.07. The maximum Gasteiger partial charge on any atom is 0.352 e. The first kappa shape index (κ1) is 11.7. The summed E-state index contributed by atoms with van der Waals surface area (Å²) >= 11 is 0. The molecule has 0 amide bonds. The summed E-state index contributed by atoms with van der Waals surface area (Å²) in [6.07, 6.45) is 3.72. The van der Waals surface area contributed by atoms with Gasteiger partial charge in [-0.2, -0.15) is 0 Å². The van der Waals surface area contributed by atoms with Gasteiger partial charge in [0.2, 0.25) is 0 Å². The standard InChI is InChI=1S/C13H12FN3O2/c1-9-3-2-8-15-12(18)16(13(19)17(9)15)11-6-4-10(14)5-7-11/h2-7,9H,8H2,1H3. The minimum Gasteiger partial charge on any atom is -0.245 e. The van der Waals surface area contributed by atoms with Gasteiger partial charge in [-0.15, -0.1) is 0 Å². The van der Waals surface area contributed by atoms with E-state index in [1.807, 2.05) is 19.1 Å². The van der Waals surface area contributed by atoms with Gasteiger partial charge in [-0.25, -0.2) is 27.9 Å². The number of rotatable bonds is 1. The van der Waals surface area contributed by atoms with Crippen molar-refractivity contribution in [2.75, 3.05) is 0 Å². The predicted molar refractivity (Wildman–Crippen MR) is 68.1 cm³/mol. The van der Waals surface area contributed by atoms with Gasteiger partial charge >= 0.3 is 11.4 Å². The lowest BCUT2D eigenvalue weighted by Crippen LogP contribution is -2.30. The smallest absolute Gasteiger partial charge is 0.245 e. The molecule has 1 aromatic heterocycles. The molecule has 98 valence electrons. The highest BCUT2D eigenvalue weighted by Crippen LogP contribution is 2.10. The van der Waals surface area contributed by atoms with Crippen molar-refractivity contribution < 1.29 is 4.39 Å². The van der Waals surface area contributed by atoms with Crippen LogP contribution in [0.1, 0.15) is 13.0 Å². The molecule has 2 heterocycles. The maximum atomic E-state index is 12.9. The number of allylic oxidation sites excluding steroid dienone is 2. The largest absolute Gasteiger partial charge is 0.352 e. The molecule has 0 fully saturated rings. The van der Waals surface area contributed by atoms with Crippen LogP contribution >= 0.6 is 0 Å². The Morgan fingerprint density at radius 3 is 2.47 bits per heavy atom. The van der Waals surface area contributed by atoms with Crippen molar-refractivity contribution in [3.8, 4) is 5.69 Å². The summed E-state index contributed by atoms with van der Waals surface area (Å²) in [5.74, 6) is -0.407. The van der Waals surface area contributed by atoms with Crippen molar-refractivity contribution in [3.63, 3.8) is 0 Å². The number of aromatic nitrogens is 3. The van der Waals surface area contributed by atoms with Crippen LogP contribution < -0.4 is 11.4 Å². The van der Waals surface area contributed by atoms with E-state index in [0.29, 0.717) is 12.2 Å². The highest BCUT2D eigenvalue weighted by molar-refractivity contribution is 5.31. The van der Waals surface area contributed by atoms with Crippen LogP contribution in [0.3, 0.4) is 0 Å². The Balaban J connectivity index is 2.27. The summed E-state index contributed by atoms with van der Waals surface area (Å²) in [5, 5.41) is 0. The van der Waals surface area contributed by atoms with Crippen LogP contribution in [0.4, 0.5) is 4.39 Å². The Bertz CT molecular complexity index is 765. The van der Waals surface area contributed by atoms with E-state index < -0.39 is 17.2 Å². The quantitative estimate of drug-likeness (QED) is 0.721. The molecule has 0 aliphatic carbocycles. The van der Waals surface area contributed by atoms with E-state index in [-0.39, 0.29) is 6.04 Å². The highest BCUT2D eigenvalue weighted by atomic mass is 19.1. The van der Waals surface area contributed by atoms with Crippen LogP contribution in [0, 0.1) is 5.82 Å². The average Bonchev–Trinajstić information content (AvgIpc) is 2.65. The van der Waals surface area contributed by atoms with Gasteiger partial charge < -0.3 is 0 Å². The molecule has 1 unspecified atom stereocenters. The monoisotopic (exact) mass is 261 g/mol. The Kier molecular flexibility index (Phi) is 2.51. The van der Waals surface area contributed by atoms with E-state index in [1.165, 1.54) is 33.6 Å². The third-order valence-electron chi connectivity index (χ3n) is 3.22. The van der Waals surface area contributed by atoms with Gasteiger partial charge in [-0.05, 0) is 31.2 Å². The Labute approximate surface area is 107 Å². The summed E-state index contributed by atoms with van der Waals surface area (Å²) in [5.41, 5.74) is -0.445. The lowest BCUT2D eigenvalue weighted by atomic mass is 10.3. The second-order valence-corrected chi connectivity index (χ2v) is 4.47. The van der Waals surface area contributed by atoms with Crippen molar-refractivity contribution in [2.24, 2.45) is 0 Å². The molecule has 1 aromatic carbocycles. The van der Waals surface area contributed by atoms with E-state index in [1.54, 1.807) is 0 Å². The van der Waals surface area contributed by atoms with Crippen molar-refractivity contribution in [2.45, 2.75) is 19.5 Å². The Morgan fingerprint density at radius 1 is 1.16 bits per heavy atom. The molecule has 2 aromatic rings. The van der Waals surface area contributed by atoms with Crippen LogP contribution in [-0.4, -0.2) is 13.9 Å². The molecule has 6 heteroatoms. The lowest BCUT2D eigenvalue weighted by Gasteiger charge is -2.16. The molecule has 3 rings (SSSR count). The van der Waals surface area contributed by atoms with Crippen molar-refractivity contribution in [3.05, 3.63) is 63.2 Å². The summed E-state index contributed by atoms with van der Waals surface area (Å²) < 4.78 is 16.8. The zero-order valence-corrected chi connectivity index (χ0v) is 10.3. The first-order chi connectivity index (χ1) is 9.09. The third-order valence-corrected chi connectivity index (χ3v) is 3.22. The zero-order valence-electron chi connectivity index (χ0n) is 10.3. The minimum atomic E-state index is -0.409. The summed E-state index contributed by atoms with van der Waals surface area (Å²) in [6, 6.07) is 5.12. The van der Waals surface area contributed by atoms with Gasteiger partial charge in [0.05, 0.1) is 18.3 Å². The van der Waals surface area contributed by atoms with Gasteiger partial charge in [0, 0.05) is 0 Å². The molecular formula is C13H12FN3O2. The fourth-order valence-corrected chi connectivity index (χ4v) is 2.31. The molecule has 0 radical (unpaired) electrons. The molecule has 0 bridgehead atoms. The van der Waals surface area contributed by atoms with Crippen molar-refractivity contribution >= 4 is 0 Å². The van der Waals surface area contributed by atoms with Gasteiger partial charge in [-0.1, -0.05) is 12.2 Å². The second kappa shape index (κ2) is 4.08. The molecule has 0 saturated heterocycles. The first-order valence-corrected chi connectivity index (χ1v) is 5.96. The molecule has 1 atom stereocenters. The van der Waals surface area contributed by atoms with Crippen LogP contribution in [0.2, 0.25) is 0 Å². The van der Waals surface area contributed by atoms with Crippen LogP contribution in [0.15, 0.2) is 46.0 Å². The van der Waals surface area contributed by atoms with E-state index in [4.69, 9.17) is 0 Å². The second-order valence-electron chi connectivity index (χ2n) is 4.47. The highest BCUT2D eigenvalue weighted by Gasteiger charge is 2.21. The van der Waals surface area contributed by atoms with Crippen LogP contribution in [0.5, 0.6) is 0 Å².